The molecule has 1 aliphatic heterocycles. The van der Waals surface area contributed by atoms with Crippen molar-refractivity contribution in [3.8, 4) is 0 Å². The molecule has 1 fully saturated rings. The first-order chi connectivity index (χ1) is 9.70. The van der Waals surface area contributed by atoms with Crippen LogP contribution in [0.2, 0.25) is 0 Å². The topological polar surface area (TPSA) is 74.3 Å². The largest absolute Gasteiger partial charge is 0.335 e. The summed E-state index contributed by atoms with van der Waals surface area (Å²) in [5.41, 5.74) is 0.419. The van der Waals surface area contributed by atoms with Gasteiger partial charge in [0.05, 0.1) is 0 Å². The highest BCUT2D eigenvalue weighted by molar-refractivity contribution is 7.14. The van der Waals surface area contributed by atoms with Crippen molar-refractivity contribution < 1.29 is 9.59 Å². The highest BCUT2D eigenvalue weighted by atomic mass is 32.1. The van der Waals surface area contributed by atoms with Gasteiger partial charge in [-0.3, -0.25) is 9.59 Å². The lowest BCUT2D eigenvalue weighted by atomic mass is 10.2. The second-order valence-corrected chi connectivity index (χ2v) is 5.59. The van der Waals surface area contributed by atoms with Crippen molar-refractivity contribution >= 4 is 28.3 Å². The van der Waals surface area contributed by atoms with Crippen LogP contribution in [0.4, 0.5) is 5.13 Å². The first-order valence-corrected chi connectivity index (χ1v) is 7.84. The second kappa shape index (κ2) is 7.35. The summed E-state index contributed by atoms with van der Waals surface area (Å²) in [5, 5.41) is 8.16. The van der Waals surface area contributed by atoms with Crippen LogP contribution < -0.4 is 10.6 Å². The number of nitrogens with zero attached hydrogens (tertiary/aromatic N) is 2. The number of rotatable bonds is 5. The van der Waals surface area contributed by atoms with Gasteiger partial charge in [-0.15, -0.1) is 11.3 Å². The molecule has 1 saturated heterocycles. The third kappa shape index (κ3) is 4.01. The average molecular weight is 296 g/mol. The van der Waals surface area contributed by atoms with Crippen LogP contribution in [0.15, 0.2) is 5.38 Å². The summed E-state index contributed by atoms with van der Waals surface area (Å²) in [4.78, 5) is 29.8. The van der Waals surface area contributed by atoms with Gasteiger partial charge in [0.2, 0.25) is 5.91 Å². The van der Waals surface area contributed by atoms with Gasteiger partial charge < -0.3 is 15.5 Å². The molecule has 2 N–H and O–H groups in total. The standard InChI is InChI=1S/C13H20N4O2S/c1-2-3-4-11(18)16-13-15-10(9-20-13)12(19)17-7-5-14-6-8-17/h9,14H,2-8H2,1H3,(H,15,16,18). The molecule has 2 rings (SSSR count). The molecule has 0 radical (unpaired) electrons. The first kappa shape index (κ1) is 14.9. The van der Waals surface area contributed by atoms with Gasteiger partial charge in [-0.2, -0.15) is 0 Å². The van der Waals surface area contributed by atoms with Crippen LogP contribution in [0, 0.1) is 0 Å². The van der Waals surface area contributed by atoms with E-state index >= 15 is 0 Å². The Balaban J connectivity index is 1.90. The number of unbranched alkanes of at least 4 members (excludes halogenated alkanes) is 1. The van der Waals surface area contributed by atoms with E-state index in [4.69, 9.17) is 0 Å². The quantitative estimate of drug-likeness (QED) is 0.859. The van der Waals surface area contributed by atoms with Gasteiger partial charge in [-0.1, -0.05) is 13.3 Å². The highest BCUT2D eigenvalue weighted by Gasteiger charge is 2.20. The van der Waals surface area contributed by atoms with Crippen LogP contribution in [0.25, 0.3) is 0 Å². The zero-order valence-electron chi connectivity index (χ0n) is 11.6. The SMILES string of the molecule is CCCCC(=O)Nc1nc(C(=O)N2CCNCC2)cs1. The van der Waals surface area contributed by atoms with Crippen molar-refractivity contribution in [3.05, 3.63) is 11.1 Å². The maximum Gasteiger partial charge on any atom is 0.273 e. The third-order valence-corrected chi connectivity index (χ3v) is 3.89. The van der Waals surface area contributed by atoms with Crippen LogP contribution in [-0.2, 0) is 4.79 Å². The number of carbonyl (C=O) groups excluding carboxylic acids is 2. The molecule has 1 aromatic heterocycles. The van der Waals surface area contributed by atoms with E-state index in [2.05, 4.69) is 15.6 Å². The van der Waals surface area contributed by atoms with Gasteiger partial charge in [0.25, 0.3) is 5.91 Å². The van der Waals surface area contributed by atoms with Gasteiger partial charge in [0.1, 0.15) is 5.69 Å². The summed E-state index contributed by atoms with van der Waals surface area (Å²) in [7, 11) is 0. The van der Waals surface area contributed by atoms with Crippen LogP contribution in [0.1, 0.15) is 36.7 Å². The minimum absolute atomic E-state index is 0.0395. The number of hydrogen-bond donors (Lipinski definition) is 2. The molecule has 2 heterocycles. The molecular formula is C13H20N4O2S. The molecular weight excluding hydrogens is 276 g/mol. The molecule has 1 aromatic rings. The number of aromatic nitrogens is 1. The summed E-state index contributed by atoms with van der Waals surface area (Å²) >= 11 is 1.30. The fourth-order valence-corrected chi connectivity index (χ4v) is 2.68. The molecule has 0 aromatic carbocycles. The van der Waals surface area contributed by atoms with Crippen LogP contribution in [0.5, 0.6) is 0 Å². The number of anilines is 1. The normalized spacial score (nSPS) is 15.2. The van der Waals surface area contributed by atoms with Crippen molar-refractivity contribution in [1.82, 2.24) is 15.2 Å². The highest BCUT2D eigenvalue weighted by Crippen LogP contribution is 2.17. The molecule has 2 amide bonds. The molecule has 0 unspecified atom stereocenters. The van der Waals surface area contributed by atoms with Crippen LogP contribution >= 0.6 is 11.3 Å². The predicted octanol–water partition coefficient (Wildman–Crippen LogP) is 1.32. The minimum atomic E-state index is -0.0585. The van der Waals surface area contributed by atoms with Crippen molar-refractivity contribution in [1.29, 1.82) is 0 Å². The molecule has 6 nitrogen and oxygen atoms in total. The van der Waals surface area contributed by atoms with Crippen molar-refractivity contribution in [2.45, 2.75) is 26.2 Å². The van der Waals surface area contributed by atoms with E-state index in [1.807, 2.05) is 6.92 Å². The average Bonchev–Trinajstić information content (AvgIpc) is 2.93. The maximum absolute atomic E-state index is 12.2. The van der Waals surface area contributed by atoms with Crippen LogP contribution in [-0.4, -0.2) is 47.9 Å². The first-order valence-electron chi connectivity index (χ1n) is 6.96. The molecule has 20 heavy (non-hydrogen) atoms. The van der Waals surface area contributed by atoms with E-state index in [1.54, 1.807) is 10.3 Å². The zero-order valence-corrected chi connectivity index (χ0v) is 12.5. The molecule has 0 saturated carbocycles. The monoisotopic (exact) mass is 296 g/mol. The Labute approximate surface area is 122 Å². The number of nitrogens with one attached hydrogen (secondary N) is 2. The second-order valence-electron chi connectivity index (χ2n) is 4.73. The lowest BCUT2D eigenvalue weighted by Gasteiger charge is -2.26. The molecule has 0 bridgehead atoms. The van der Waals surface area contributed by atoms with Gasteiger partial charge >= 0.3 is 0 Å². The zero-order chi connectivity index (χ0) is 14.4. The molecule has 0 atom stereocenters. The lowest BCUT2D eigenvalue weighted by Crippen LogP contribution is -2.46. The van der Waals surface area contributed by atoms with Gasteiger partial charge in [0.15, 0.2) is 5.13 Å². The van der Waals surface area contributed by atoms with E-state index < -0.39 is 0 Å². The maximum atomic E-state index is 12.2. The number of carbonyl (C=O) groups is 2. The van der Waals surface area contributed by atoms with Gasteiger partial charge in [-0.25, -0.2) is 4.98 Å². The lowest BCUT2D eigenvalue weighted by molar-refractivity contribution is -0.116. The smallest absolute Gasteiger partial charge is 0.273 e. The number of thiazole rings is 1. The Hall–Kier alpha value is -1.47. The van der Waals surface area contributed by atoms with E-state index in [9.17, 15) is 9.59 Å². The van der Waals surface area contributed by atoms with Crippen LogP contribution in [0.3, 0.4) is 0 Å². The van der Waals surface area contributed by atoms with Crippen molar-refractivity contribution in [3.63, 3.8) is 0 Å². The van der Waals surface area contributed by atoms with E-state index in [0.717, 1.165) is 25.9 Å². The molecule has 0 spiro atoms. The Morgan fingerprint density at radius 2 is 2.20 bits per heavy atom. The van der Waals surface area contributed by atoms with Crippen molar-refractivity contribution in [2.24, 2.45) is 0 Å². The van der Waals surface area contributed by atoms with E-state index in [1.165, 1.54) is 11.3 Å². The fraction of sp³-hybridized carbons (Fsp3) is 0.615. The molecule has 7 heteroatoms. The summed E-state index contributed by atoms with van der Waals surface area (Å²) in [6, 6.07) is 0. The van der Waals surface area contributed by atoms with Gasteiger partial charge in [0, 0.05) is 38.0 Å². The summed E-state index contributed by atoms with van der Waals surface area (Å²) in [5.74, 6) is -0.0980. The summed E-state index contributed by atoms with van der Waals surface area (Å²) in [6.45, 7) is 5.08. The van der Waals surface area contributed by atoms with E-state index in [0.29, 0.717) is 30.3 Å². The fourth-order valence-electron chi connectivity index (χ4n) is 1.98. The Kier molecular flexibility index (Phi) is 5.49. The number of piperazine rings is 1. The molecule has 0 aliphatic carbocycles. The predicted molar refractivity (Wildman–Crippen MR) is 79.0 cm³/mol. The van der Waals surface area contributed by atoms with Crippen molar-refractivity contribution in [2.75, 3.05) is 31.5 Å². The Bertz CT molecular complexity index is 469. The van der Waals surface area contributed by atoms with Gasteiger partial charge in [-0.05, 0) is 6.42 Å². The summed E-state index contributed by atoms with van der Waals surface area (Å²) in [6.07, 6.45) is 2.35. The number of hydrogen-bond acceptors (Lipinski definition) is 5. The van der Waals surface area contributed by atoms with E-state index in [-0.39, 0.29) is 11.8 Å². The number of amides is 2. The molecule has 1 aliphatic rings. The third-order valence-electron chi connectivity index (χ3n) is 3.13. The minimum Gasteiger partial charge on any atom is -0.335 e. The summed E-state index contributed by atoms with van der Waals surface area (Å²) < 4.78 is 0. The Morgan fingerprint density at radius 1 is 1.45 bits per heavy atom. The molecule has 110 valence electrons. The Morgan fingerprint density at radius 3 is 2.90 bits per heavy atom.